The Morgan fingerprint density at radius 3 is 2.83 bits per heavy atom. The summed E-state index contributed by atoms with van der Waals surface area (Å²) in [5.41, 5.74) is 2.39. The maximum Gasteiger partial charge on any atom is 0.333 e. The van der Waals surface area contributed by atoms with Gasteiger partial charge < -0.3 is 0 Å². The average Bonchev–Trinajstić information content (AvgIpc) is 3.44. The number of aryl methyl sites for hydroxylation is 1. The van der Waals surface area contributed by atoms with Gasteiger partial charge in [0.25, 0.3) is 5.56 Å². The summed E-state index contributed by atoms with van der Waals surface area (Å²) in [5.74, 6) is 0.932. The number of piperazine rings is 1. The van der Waals surface area contributed by atoms with Gasteiger partial charge in [0.15, 0.2) is 0 Å². The maximum atomic E-state index is 12.3. The Kier molecular flexibility index (Phi) is 4.83. The van der Waals surface area contributed by atoms with Crippen molar-refractivity contribution in [3.05, 3.63) is 62.7 Å². The van der Waals surface area contributed by atoms with Crippen LogP contribution < -0.4 is 11.2 Å². The topological polar surface area (TPSA) is 78.6 Å². The lowest BCUT2D eigenvalue weighted by Gasteiger charge is -2.40. The van der Waals surface area contributed by atoms with Gasteiger partial charge in [-0.05, 0) is 50.3 Å². The molecule has 1 aliphatic carbocycles. The fourth-order valence-electron chi connectivity index (χ4n) is 4.42. The molecule has 1 atom stereocenters. The molecule has 1 saturated heterocycles. The van der Waals surface area contributed by atoms with Gasteiger partial charge in [-0.2, -0.15) is 5.10 Å². The number of aromatic nitrogens is 4. The van der Waals surface area contributed by atoms with E-state index >= 15 is 0 Å². The quantitative estimate of drug-likeness (QED) is 0.690. The Bertz CT molecular complexity index is 1190. The number of H-pyrrole nitrogens is 1. The van der Waals surface area contributed by atoms with E-state index in [9.17, 15) is 9.59 Å². The molecular weight excluding hydrogens is 380 g/mol. The summed E-state index contributed by atoms with van der Waals surface area (Å²) in [6, 6.07) is 4.76. The second-order valence-corrected chi connectivity index (χ2v) is 8.86. The van der Waals surface area contributed by atoms with Crippen molar-refractivity contribution in [1.29, 1.82) is 0 Å². The molecule has 2 fully saturated rings. The fraction of sp³-hybridized carbons (Fsp3) is 0.500. The van der Waals surface area contributed by atoms with Gasteiger partial charge in [0.2, 0.25) is 0 Å². The molecule has 0 amide bonds. The predicted octanol–water partition coefficient (Wildman–Crippen LogP) is 1.40. The summed E-state index contributed by atoms with van der Waals surface area (Å²) in [5, 5.41) is 4.38. The third kappa shape index (κ3) is 3.73. The zero-order valence-electron chi connectivity index (χ0n) is 17.5. The van der Waals surface area contributed by atoms with Crippen molar-refractivity contribution in [3.63, 3.8) is 0 Å². The highest BCUT2D eigenvalue weighted by atomic mass is 16.2. The number of fused-ring (bicyclic) bond motifs is 1. The van der Waals surface area contributed by atoms with Crippen LogP contribution in [0.4, 0.5) is 0 Å². The third-order valence-electron chi connectivity index (χ3n) is 6.39. The van der Waals surface area contributed by atoms with Crippen LogP contribution >= 0.6 is 0 Å². The van der Waals surface area contributed by atoms with Crippen molar-refractivity contribution < 1.29 is 0 Å². The summed E-state index contributed by atoms with van der Waals surface area (Å²) < 4.78 is 3.23. The molecule has 30 heavy (non-hydrogen) atoms. The maximum absolute atomic E-state index is 12.3. The first kappa shape index (κ1) is 19.3. The normalized spacial score (nSPS) is 20.8. The lowest BCUT2D eigenvalue weighted by atomic mass is 10.1. The molecule has 0 bridgehead atoms. The molecule has 1 N–H and O–H groups in total. The second kappa shape index (κ2) is 7.52. The minimum absolute atomic E-state index is 0.358. The molecule has 0 aromatic carbocycles. The second-order valence-electron chi connectivity index (χ2n) is 8.86. The van der Waals surface area contributed by atoms with Gasteiger partial charge in [-0.1, -0.05) is 0 Å². The Labute approximate surface area is 174 Å². The Morgan fingerprint density at radius 2 is 2.07 bits per heavy atom. The molecule has 3 aromatic heterocycles. The van der Waals surface area contributed by atoms with Crippen LogP contribution in [0.25, 0.3) is 11.2 Å². The van der Waals surface area contributed by atoms with E-state index < -0.39 is 5.69 Å². The van der Waals surface area contributed by atoms with Crippen LogP contribution in [0.5, 0.6) is 0 Å². The van der Waals surface area contributed by atoms with E-state index in [0.717, 1.165) is 37.6 Å². The molecule has 1 aliphatic heterocycles. The zero-order chi connectivity index (χ0) is 20.8. The van der Waals surface area contributed by atoms with Gasteiger partial charge >= 0.3 is 5.69 Å². The van der Waals surface area contributed by atoms with Crippen LogP contribution in [-0.4, -0.2) is 61.2 Å². The van der Waals surface area contributed by atoms with Gasteiger partial charge in [0.05, 0.1) is 17.4 Å². The molecule has 0 unspecified atom stereocenters. The molecule has 158 valence electrons. The number of hydrogen-bond acceptors (Lipinski definition) is 5. The Hall–Kier alpha value is -2.71. The fourth-order valence-corrected chi connectivity index (χ4v) is 4.42. The lowest BCUT2D eigenvalue weighted by molar-refractivity contribution is 0.0754. The average molecular weight is 409 g/mol. The summed E-state index contributed by atoms with van der Waals surface area (Å²) in [4.78, 5) is 31.6. The van der Waals surface area contributed by atoms with E-state index in [1.165, 1.54) is 29.5 Å². The molecule has 0 spiro atoms. The van der Waals surface area contributed by atoms with Crippen molar-refractivity contribution in [2.75, 3.05) is 26.2 Å². The van der Waals surface area contributed by atoms with Crippen molar-refractivity contribution in [3.8, 4) is 5.69 Å². The standard InChI is InChI=1S/C22H28N6O2/c1-15-11-27(22(30)24-21(15)29)20-10-23-28-6-5-18(9-19(20)28)13-25-7-8-26(16(2)12-25)14-17-3-4-17/h5-6,9-11,16-17H,3-4,7-8,12-14H2,1-2H3,(H,24,29,30)/t16-/m0/s1. The number of pyridine rings is 1. The number of hydrogen-bond donors (Lipinski definition) is 1. The molecule has 1 saturated carbocycles. The monoisotopic (exact) mass is 408 g/mol. The van der Waals surface area contributed by atoms with E-state index in [4.69, 9.17) is 0 Å². The smallest absolute Gasteiger partial charge is 0.298 e. The molecule has 3 aromatic rings. The van der Waals surface area contributed by atoms with E-state index in [1.54, 1.807) is 23.8 Å². The first-order valence-corrected chi connectivity index (χ1v) is 10.7. The van der Waals surface area contributed by atoms with Gasteiger partial charge in [-0.25, -0.2) is 9.31 Å². The molecule has 4 heterocycles. The molecule has 5 rings (SSSR count). The minimum atomic E-state index is -0.452. The van der Waals surface area contributed by atoms with Crippen LogP contribution in [0.3, 0.4) is 0 Å². The summed E-state index contributed by atoms with van der Waals surface area (Å²) in [7, 11) is 0. The van der Waals surface area contributed by atoms with E-state index in [-0.39, 0.29) is 5.56 Å². The molecular formula is C22H28N6O2. The lowest BCUT2D eigenvalue weighted by Crippen LogP contribution is -2.51. The highest BCUT2D eigenvalue weighted by molar-refractivity contribution is 5.64. The first-order chi connectivity index (χ1) is 14.5. The largest absolute Gasteiger partial charge is 0.333 e. The van der Waals surface area contributed by atoms with E-state index in [2.05, 4.69) is 38.9 Å². The molecule has 8 nitrogen and oxygen atoms in total. The van der Waals surface area contributed by atoms with Gasteiger partial charge in [-0.15, -0.1) is 0 Å². The number of aromatic amines is 1. The van der Waals surface area contributed by atoms with E-state index in [1.807, 2.05) is 6.20 Å². The SMILES string of the molecule is Cc1cn(-c2cnn3ccc(CN4CCN(CC5CC5)[C@@H](C)C4)cc23)c(=O)[nH]c1=O. The Morgan fingerprint density at radius 1 is 1.23 bits per heavy atom. The van der Waals surface area contributed by atoms with Crippen molar-refractivity contribution in [2.24, 2.45) is 5.92 Å². The van der Waals surface area contributed by atoms with Gasteiger partial charge in [-0.3, -0.25) is 24.1 Å². The van der Waals surface area contributed by atoms with Gasteiger partial charge in [0, 0.05) is 56.7 Å². The molecule has 0 radical (unpaired) electrons. The van der Waals surface area contributed by atoms with Crippen LogP contribution in [0.2, 0.25) is 0 Å². The molecule has 2 aliphatic rings. The predicted molar refractivity (Wildman–Crippen MR) is 115 cm³/mol. The van der Waals surface area contributed by atoms with Crippen LogP contribution in [-0.2, 0) is 6.54 Å². The van der Waals surface area contributed by atoms with Crippen molar-refractivity contribution in [2.45, 2.75) is 39.3 Å². The third-order valence-corrected chi connectivity index (χ3v) is 6.39. The summed E-state index contributed by atoms with van der Waals surface area (Å²) in [6.07, 6.45) is 7.98. The van der Waals surface area contributed by atoms with E-state index in [0.29, 0.717) is 17.3 Å². The Balaban J connectivity index is 1.38. The highest BCUT2D eigenvalue weighted by Crippen LogP contribution is 2.31. The highest BCUT2D eigenvalue weighted by Gasteiger charge is 2.30. The zero-order valence-corrected chi connectivity index (χ0v) is 17.5. The number of rotatable bonds is 5. The van der Waals surface area contributed by atoms with Crippen LogP contribution in [0.15, 0.2) is 40.3 Å². The van der Waals surface area contributed by atoms with Gasteiger partial charge in [0.1, 0.15) is 0 Å². The number of nitrogens with zero attached hydrogens (tertiary/aromatic N) is 5. The number of nitrogens with one attached hydrogen (secondary N) is 1. The summed E-state index contributed by atoms with van der Waals surface area (Å²) >= 11 is 0. The van der Waals surface area contributed by atoms with Crippen molar-refractivity contribution >= 4 is 5.52 Å². The first-order valence-electron chi connectivity index (χ1n) is 10.7. The van der Waals surface area contributed by atoms with Crippen LogP contribution in [0, 0.1) is 12.8 Å². The minimum Gasteiger partial charge on any atom is -0.298 e. The summed E-state index contributed by atoms with van der Waals surface area (Å²) in [6.45, 7) is 9.43. The van der Waals surface area contributed by atoms with Crippen molar-refractivity contribution in [1.82, 2.24) is 29.0 Å². The molecule has 8 heteroatoms. The van der Waals surface area contributed by atoms with Crippen LogP contribution in [0.1, 0.15) is 30.9 Å².